The first-order valence-corrected chi connectivity index (χ1v) is 7.11. The number of aromatic nitrogens is 1. The molecule has 1 heterocycles. The van der Waals surface area contributed by atoms with Gasteiger partial charge in [-0.3, -0.25) is 16.3 Å². The van der Waals surface area contributed by atoms with Crippen molar-refractivity contribution in [1.82, 2.24) is 10.4 Å². The summed E-state index contributed by atoms with van der Waals surface area (Å²) in [6.07, 6.45) is 0.665. The van der Waals surface area contributed by atoms with Crippen molar-refractivity contribution in [3.8, 4) is 0 Å². The molecular weight excluding hydrogens is 293 g/mol. The Morgan fingerprint density at radius 1 is 1.20 bits per heavy atom. The summed E-state index contributed by atoms with van der Waals surface area (Å²) in [4.78, 5) is 4.37. The van der Waals surface area contributed by atoms with E-state index in [2.05, 4.69) is 10.4 Å². The summed E-state index contributed by atoms with van der Waals surface area (Å²) < 4.78 is 0. The first-order chi connectivity index (χ1) is 9.51. The topological polar surface area (TPSA) is 50.9 Å². The van der Waals surface area contributed by atoms with Crippen LogP contribution in [-0.4, -0.2) is 4.98 Å². The summed E-state index contributed by atoms with van der Waals surface area (Å²) >= 11 is 12.3. The summed E-state index contributed by atoms with van der Waals surface area (Å²) in [6, 6.07) is 9.64. The molecule has 0 aliphatic rings. The maximum absolute atomic E-state index is 6.23. The second-order valence-electron chi connectivity index (χ2n) is 4.82. The molecule has 0 saturated heterocycles. The van der Waals surface area contributed by atoms with Gasteiger partial charge in [-0.05, 0) is 49.6 Å². The Morgan fingerprint density at radius 3 is 2.45 bits per heavy atom. The number of benzene rings is 1. The summed E-state index contributed by atoms with van der Waals surface area (Å²) in [7, 11) is 0. The third-order valence-corrected chi connectivity index (χ3v) is 4.02. The van der Waals surface area contributed by atoms with Crippen molar-refractivity contribution >= 4 is 23.2 Å². The normalized spacial score (nSPS) is 12.4. The van der Waals surface area contributed by atoms with Gasteiger partial charge in [0.15, 0.2) is 0 Å². The minimum atomic E-state index is -0.0358. The molecule has 0 aliphatic carbocycles. The highest BCUT2D eigenvalue weighted by molar-refractivity contribution is 6.42. The van der Waals surface area contributed by atoms with Gasteiger partial charge in [0.05, 0.1) is 16.1 Å². The van der Waals surface area contributed by atoms with Gasteiger partial charge in [-0.2, -0.15) is 0 Å². The average molecular weight is 310 g/mol. The molecule has 0 spiro atoms. The number of nitrogens with two attached hydrogens (primary N) is 1. The van der Waals surface area contributed by atoms with Gasteiger partial charge in [0.2, 0.25) is 0 Å². The fraction of sp³-hybridized carbons (Fsp3) is 0.267. The Hall–Kier alpha value is -1.13. The molecule has 0 amide bonds. The van der Waals surface area contributed by atoms with E-state index in [0.29, 0.717) is 16.5 Å². The summed E-state index contributed by atoms with van der Waals surface area (Å²) in [5.41, 5.74) is 6.84. The number of nitrogens with zero attached hydrogens (tertiary/aromatic N) is 1. The zero-order valence-electron chi connectivity index (χ0n) is 11.5. The van der Waals surface area contributed by atoms with Gasteiger partial charge in [0.25, 0.3) is 0 Å². The number of aryl methyl sites for hydroxylation is 2. The van der Waals surface area contributed by atoms with Crippen LogP contribution in [0.5, 0.6) is 0 Å². The molecule has 3 nitrogen and oxygen atoms in total. The number of nitrogens with one attached hydrogen (secondary N) is 1. The molecule has 5 heteroatoms. The van der Waals surface area contributed by atoms with E-state index in [1.807, 2.05) is 38.1 Å². The summed E-state index contributed by atoms with van der Waals surface area (Å²) in [5, 5.41) is 1.14. The highest BCUT2D eigenvalue weighted by Gasteiger charge is 2.14. The van der Waals surface area contributed by atoms with Gasteiger partial charge in [-0.1, -0.05) is 35.3 Å². The lowest BCUT2D eigenvalue weighted by molar-refractivity contribution is 0.550. The number of rotatable bonds is 4. The molecule has 20 heavy (non-hydrogen) atoms. The Balaban J connectivity index is 2.31. The molecule has 2 aromatic rings. The van der Waals surface area contributed by atoms with Crippen molar-refractivity contribution in [2.24, 2.45) is 5.84 Å². The number of hydrogen-bond donors (Lipinski definition) is 2. The SMILES string of the molecule is Cc1cc(C(Cc2cccc(Cl)c2Cl)NN)cc(C)n1. The molecule has 0 bridgehead atoms. The monoisotopic (exact) mass is 309 g/mol. The predicted molar refractivity (Wildman–Crippen MR) is 83.9 cm³/mol. The second kappa shape index (κ2) is 6.55. The summed E-state index contributed by atoms with van der Waals surface area (Å²) in [6.45, 7) is 3.94. The van der Waals surface area contributed by atoms with Crippen LogP contribution in [0, 0.1) is 13.8 Å². The Bertz CT molecular complexity index is 594. The van der Waals surface area contributed by atoms with Gasteiger partial charge >= 0.3 is 0 Å². The number of hydrazine groups is 1. The Morgan fingerprint density at radius 2 is 1.85 bits per heavy atom. The zero-order valence-corrected chi connectivity index (χ0v) is 13.0. The van der Waals surface area contributed by atoms with Gasteiger partial charge in [-0.15, -0.1) is 0 Å². The predicted octanol–water partition coefficient (Wildman–Crippen LogP) is 3.75. The van der Waals surface area contributed by atoms with Crippen LogP contribution in [0.1, 0.15) is 28.6 Å². The van der Waals surface area contributed by atoms with Gasteiger partial charge < -0.3 is 0 Å². The molecule has 2 rings (SSSR count). The fourth-order valence-electron chi connectivity index (χ4n) is 2.27. The van der Waals surface area contributed by atoms with E-state index in [9.17, 15) is 0 Å². The maximum Gasteiger partial charge on any atom is 0.0624 e. The van der Waals surface area contributed by atoms with Gasteiger partial charge in [0.1, 0.15) is 0 Å². The molecule has 1 atom stereocenters. The molecule has 1 aromatic carbocycles. The Labute approximate surface area is 129 Å². The van der Waals surface area contributed by atoms with Crippen molar-refractivity contribution in [2.75, 3.05) is 0 Å². The van der Waals surface area contributed by atoms with Crippen LogP contribution >= 0.6 is 23.2 Å². The third kappa shape index (κ3) is 3.49. The first kappa shape index (κ1) is 15.3. The number of halogens is 2. The van der Waals surface area contributed by atoms with E-state index >= 15 is 0 Å². The van der Waals surface area contributed by atoms with Crippen molar-refractivity contribution in [1.29, 1.82) is 0 Å². The standard InChI is InChI=1S/C15H17Cl2N3/c1-9-6-12(7-10(2)19-9)14(20-18)8-11-4-3-5-13(16)15(11)17/h3-7,14,20H,8,18H2,1-2H3. The van der Waals surface area contributed by atoms with E-state index in [1.165, 1.54) is 0 Å². The van der Waals surface area contributed by atoms with Gasteiger partial charge in [0, 0.05) is 11.4 Å². The van der Waals surface area contributed by atoms with E-state index < -0.39 is 0 Å². The van der Waals surface area contributed by atoms with E-state index in [1.54, 1.807) is 6.07 Å². The van der Waals surface area contributed by atoms with Crippen LogP contribution < -0.4 is 11.3 Å². The van der Waals surface area contributed by atoms with Crippen LogP contribution in [-0.2, 0) is 6.42 Å². The van der Waals surface area contributed by atoms with E-state index in [4.69, 9.17) is 29.0 Å². The molecule has 0 aliphatic heterocycles. The molecular formula is C15H17Cl2N3. The third-order valence-electron chi connectivity index (χ3n) is 3.16. The molecule has 1 aromatic heterocycles. The van der Waals surface area contributed by atoms with Crippen molar-refractivity contribution in [2.45, 2.75) is 26.3 Å². The lowest BCUT2D eigenvalue weighted by atomic mass is 9.99. The van der Waals surface area contributed by atoms with Crippen LogP contribution in [0.15, 0.2) is 30.3 Å². The second-order valence-corrected chi connectivity index (χ2v) is 5.60. The highest BCUT2D eigenvalue weighted by atomic mass is 35.5. The number of pyridine rings is 1. The fourth-order valence-corrected chi connectivity index (χ4v) is 2.66. The van der Waals surface area contributed by atoms with E-state index in [0.717, 1.165) is 22.5 Å². The molecule has 106 valence electrons. The first-order valence-electron chi connectivity index (χ1n) is 6.35. The quantitative estimate of drug-likeness (QED) is 0.668. The molecule has 0 saturated carbocycles. The smallest absolute Gasteiger partial charge is 0.0624 e. The summed E-state index contributed by atoms with van der Waals surface area (Å²) in [5.74, 6) is 5.69. The maximum atomic E-state index is 6.23. The minimum absolute atomic E-state index is 0.0358. The van der Waals surface area contributed by atoms with Crippen LogP contribution in [0.3, 0.4) is 0 Å². The van der Waals surface area contributed by atoms with Gasteiger partial charge in [-0.25, -0.2) is 0 Å². The molecule has 0 fully saturated rings. The number of hydrogen-bond acceptors (Lipinski definition) is 3. The van der Waals surface area contributed by atoms with Crippen LogP contribution in [0.2, 0.25) is 10.0 Å². The lowest BCUT2D eigenvalue weighted by Crippen LogP contribution is -2.29. The van der Waals surface area contributed by atoms with Crippen LogP contribution in [0.25, 0.3) is 0 Å². The van der Waals surface area contributed by atoms with E-state index in [-0.39, 0.29) is 6.04 Å². The molecule has 3 N–H and O–H groups in total. The minimum Gasteiger partial charge on any atom is -0.271 e. The Kier molecular flexibility index (Phi) is 5.00. The average Bonchev–Trinajstić information content (AvgIpc) is 2.39. The lowest BCUT2D eigenvalue weighted by Gasteiger charge is -2.18. The molecule has 1 unspecified atom stereocenters. The van der Waals surface area contributed by atoms with Crippen LogP contribution in [0.4, 0.5) is 0 Å². The highest BCUT2D eigenvalue weighted by Crippen LogP contribution is 2.29. The van der Waals surface area contributed by atoms with Crippen molar-refractivity contribution in [3.63, 3.8) is 0 Å². The largest absolute Gasteiger partial charge is 0.271 e. The van der Waals surface area contributed by atoms with Crippen molar-refractivity contribution < 1.29 is 0 Å². The zero-order chi connectivity index (χ0) is 14.7. The van der Waals surface area contributed by atoms with Crippen molar-refractivity contribution in [3.05, 3.63) is 62.9 Å². The molecule has 0 radical (unpaired) electrons.